The summed E-state index contributed by atoms with van der Waals surface area (Å²) in [6.07, 6.45) is 1.94. The Kier molecular flexibility index (Phi) is 4.63. The van der Waals surface area contributed by atoms with Crippen molar-refractivity contribution in [1.29, 1.82) is 0 Å². The Morgan fingerprint density at radius 1 is 1.25 bits per heavy atom. The van der Waals surface area contributed by atoms with Crippen molar-refractivity contribution in [3.8, 4) is 5.75 Å². The van der Waals surface area contributed by atoms with Gasteiger partial charge in [0.2, 0.25) is 0 Å². The van der Waals surface area contributed by atoms with Crippen LogP contribution in [0.5, 0.6) is 5.75 Å². The average molecular weight is 291 g/mol. The van der Waals surface area contributed by atoms with E-state index in [1.807, 2.05) is 12.3 Å². The molecule has 0 spiro atoms. The number of benzene rings is 2. The highest BCUT2D eigenvalue weighted by molar-refractivity contribution is 7.98. The molecule has 0 aliphatic carbocycles. The second-order valence-electron chi connectivity index (χ2n) is 4.00. The Hall–Kier alpha value is -2.01. The second-order valence-corrected chi connectivity index (χ2v) is 4.88. The third-order valence-electron chi connectivity index (χ3n) is 2.78. The first-order valence-corrected chi connectivity index (χ1v) is 7.16. The minimum absolute atomic E-state index is 0.147. The number of ether oxygens (including phenoxy) is 1. The Morgan fingerprint density at radius 3 is 2.65 bits per heavy atom. The number of amides is 1. The SMILES string of the molecule is COc1cc(SC)ccc1C(=O)Nc1ccccc1F. The van der Waals surface area contributed by atoms with Gasteiger partial charge in [-0.25, -0.2) is 4.39 Å². The molecule has 0 fully saturated rings. The van der Waals surface area contributed by atoms with Gasteiger partial charge in [0.1, 0.15) is 11.6 Å². The lowest BCUT2D eigenvalue weighted by atomic mass is 10.2. The van der Waals surface area contributed by atoms with Gasteiger partial charge in [-0.05, 0) is 36.6 Å². The van der Waals surface area contributed by atoms with Gasteiger partial charge in [-0.2, -0.15) is 0 Å². The number of carbonyl (C=O) groups is 1. The van der Waals surface area contributed by atoms with Gasteiger partial charge in [0.05, 0.1) is 18.4 Å². The first kappa shape index (κ1) is 14.4. The van der Waals surface area contributed by atoms with Crippen LogP contribution in [0.4, 0.5) is 10.1 Å². The summed E-state index contributed by atoms with van der Waals surface area (Å²) in [4.78, 5) is 13.2. The van der Waals surface area contributed by atoms with Crippen LogP contribution in [0.3, 0.4) is 0 Å². The molecule has 0 aliphatic rings. The predicted molar refractivity (Wildman–Crippen MR) is 79.1 cm³/mol. The Labute approximate surface area is 121 Å². The van der Waals surface area contributed by atoms with Gasteiger partial charge in [0, 0.05) is 4.90 Å². The van der Waals surface area contributed by atoms with Gasteiger partial charge in [-0.1, -0.05) is 12.1 Å². The zero-order valence-electron chi connectivity index (χ0n) is 11.1. The highest BCUT2D eigenvalue weighted by atomic mass is 32.2. The number of rotatable bonds is 4. The molecule has 5 heteroatoms. The van der Waals surface area contributed by atoms with E-state index in [2.05, 4.69) is 5.32 Å². The topological polar surface area (TPSA) is 38.3 Å². The van der Waals surface area contributed by atoms with Crippen LogP contribution in [-0.2, 0) is 0 Å². The average Bonchev–Trinajstić information content (AvgIpc) is 2.48. The lowest BCUT2D eigenvalue weighted by Gasteiger charge is -2.11. The maximum atomic E-state index is 13.5. The van der Waals surface area contributed by atoms with Crippen LogP contribution in [-0.4, -0.2) is 19.3 Å². The molecule has 0 saturated carbocycles. The minimum Gasteiger partial charge on any atom is -0.496 e. The van der Waals surface area contributed by atoms with Gasteiger partial charge in [-0.3, -0.25) is 4.79 Å². The summed E-state index contributed by atoms with van der Waals surface area (Å²) in [7, 11) is 1.50. The maximum Gasteiger partial charge on any atom is 0.259 e. The summed E-state index contributed by atoms with van der Waals surface area (Å²) in [5, 5.41) is 2.54. The number of halogens is 1. The van der Waals surface area contributed by atoms with E-state index in [1.54, 1.807) is 36.0 Å². The molecule has 2 aromatic rings. The first-order chi connectivity index (χ1) is 9.65. The number of carbonyl (C=O) groups excluding carboxylic acids is 1. The molecule has 0 unspecified atom stereocenters. The monoisotopic (exact) mass is 291 g/mol. The number of nitrogens with one attached hydrogen (secondary N) is 1. The second kappa shape index (κ2) is 6.43. The van der Waals surface area contributed by atoms with E-state index in [0.717, 1.165) is 4.90 Å². The van der Waals surface area contributed by atoms with Crippen LogP contribution < -0.4 is 10.1 Å². The molecule has 0 saturated heterocycles. The van der Waals surface area contributed by atoms with Gasteiger partial charge in [0.25, 0.3) is 5.91 Å². The number of para-hydroxylation sites is 1. The molecular formula is C15H14FNO2S. The van der Waals surface area contributed by atoms with E-state index in [4.69, 9.17) is 4.74 Å². The maximum absolute atomic E-state index is 13.5. The Balaban J connectivity index is 2.27. The lowest BCUT2D eigenvalue weighted by Crippen LogP contribution is -2.14. The fourth-order valence-electron chi connectivity index (χ4n) is 1.74. The molecule has 0 heterocycles. The standard InChI is InChI=1S/C15H14FNO2S/c1-19-14-9-10(20-2)7-8-11(14)15(18)17-13-6-4-3-5-12(13)16/h3-9H,1-2H3,(H,17,18). The van der Waals surface area contributed by atoms with E-state index in [1.165, 1.54) is 19.2 Å². The van der Waals surface area contributed by atoms with Crippen LogP contribution in [0, 0.1) is 5.82 Å². The number of hydrogen-bond acceptors (Lipinski definition) is 3. The third-order valence-corrected chi connectivity index (χ3v) is 3.50. The van der Waals surface area contributed by atoms with Crippen molar-refractivity contribution in [2.45, 2.75) is 4.90 Å². The van der Waals surface area contributed by atoms with Crippen LogP contribution in [0.2, 0.25) is 0 Å². The minimum atomic E-state index is -0.472. The number of anilines is 1. The number of thioether (sulfide) groups is 1. The summed E-state index contributed by atoms with van der Waals surface area (Å²) >= 11 is 1.55. The van der Waals surface area contributed by atoms with E-state index in [-0.39, 0.29) is 5.69 Å². The molecule has 20 heavy (non-hydrogen) atoms. The van der Waals surface area contributed by atoms with E-state index >= 15 is 0 Å². The van der Waals surface area contributed by atoms with Gasteiger partial charge < -0.3 is 10.1 Å². The zero-order valence-corrected chi connectivity index (χ0v) is 12.0. The third kappa shape index (κ3) is 3.11. The van der Waals surface area contributed by atoms with Crippen molar-refractivity contribution in [3.63, 3.8) is 0 Å². The molecule has 3 nitrogen and oxygen atoms in total. The molecule has 0 radical (unpaired) electrons. The van der Waals surface area contributed by atoms with Crippen molar-refractivity contribution in [2.75, 3.05) is 18.7 Å². The number of hydrogen-bond donors (Lipinski definition) is 1. The summed E-state index contributed by atoms with van der Waals surface area (Å²) < 4.78 is 18.7. The van der Waals surface area contributed by atoms with Crippen molar-refractivity contribution in [3.05, 3.63) is 53.8 Å². The highest BCUT2D eigenvalue weighted by Crippen LogP contribution is 2.26. The van der Waals surface area contributed by atoms with Crippen LogP contribution in [0.15, 0.2) is 47.4 Å². The normalized spacial score (nSPS) is 10.2. The smallest absolute Gasteiger partial charge is 0.259 e. The molecule has 0 bridgehead atoms. The Bertz CT molecular complexity index is 631. The van der Waals surface area contributed by atoms with E-state index in [9.17, 15) is 9.18 Å². The largest absolute Gasteiger partial charge is 0.496 e. The summed E-state index contributed by atoms with van der Waals surface area (Å²) in [6.45, 7) is 0. The van der Waals surface area contributed by atoms with Gasteiger partial charge >= 0.3 is 0 Å². The summed E-state index contributed by atoms with van der Waals surface area (Å²) in [5.74, 6) is -0.411. The Morgan fingerprint density at radius 2 is 2.00 bits per heavy atom. The molecule has 104 valence electrons. The van der Waals surface area contributed by atoms with Gasteiger partial charge in [-0.15, -0.1) is 11.8 Å². The molecule has 0 atom stereocenters. The number of methoxy groups -OCH3 is 1. The summed E-state index contributed by atoms with van der Waals surface area (Å²) in [5.41, 5.74) is 0.516. The van der Waals surface area contributed by atoms with Crippen LogP contribution >= 0.6 is 11.8 Å². The molecular weight excluding hydrogens is 277 g/mol. The predicted octanol–water partition coefficient (Wildman–Crippen LogP) is 3.81. The quantitative estimate of drug-likeness (QED) is 0.871. The lowest BCUT2D eigenvalue weighted by molar-refractivity contribution is 0.102. The first-order valence-electron chi connectivity index (χ1n) is 5.93. The van der Waals surface area contributed by atoms with Crippen molar-refractivity contribution >= 4 is 23.4 Å². The molecule has 1 amide bonds. The van der Waals surface area contributed by atoms with Gasteiger partial charge in [0.15, 0.2) is 0 Å². The van der Waals surface area contributed by atoms with E-state index < -0.39 is 11.7 Å². The van der Waals surface area contributed by atoms with E-state index in [0.29, 0.717) is 11.3 Å². The summed E-state index contributed by atoms with van der Waals surface area (Å²) in [6, 6.07) is 11.3. The van der Waals surface area contributed by atoms with Crippen molar-refractivity contribution in [1.82, 2.24) is 0 Å². The van der Waals surface area contributed by atoms with Crippen molar-refractivity contribution in [2.24, 2.45) is 0 Å². The fourth-order valence-corrected chi connectivity index (χ4v) is 2.17. The molecule has 0 aliphatic heterocycles. The molecule has 2 rings (SSSR count). The van der Waals surface area contributed by atoms with Crippen molar-refractivity contribution < 1.29 is 13.9 Å². The molecule has 1 N–H and O–H groups in total. The molecule has 0 aromatic heterocycles. The fraction of sp³-hybridized carbons (Fsp3) is 0.133. The van der Waals surface area contributed by atoms with Crippen LogP contribution in [0.1, 0.15) is 10.4 Å². The zero-order chi connectivity index (χ0) is 14.5. The van der Waals surface area contributed by atoms with Crippen LogP contribution in [0.25, 0.3) is 0 Å². The molecule has 2 aromatic carbocycles. The highest BCUT2D eigenvalue weighted by Gasteiger charge is 2.14.